The molecule has 0 fully saturated rings. The molecule has 0 amide bonds. The van der Waals surface area contributed by atoms with Gasteiger partial charge in [-0.25, -0.2) is 0 Å². The maximum Gasteiger partial charge on any atom is 0.305 e. The van der Waals surface area contributed by atoms with Crippen LogP contribution in [-0.4, -0.2) is 58.2 Å². The van der Waals surface area contributed by atoms with E-state index in [9.17, 15) is 46.0 Å². The monoisotopic (exact) mass is 576 g/mol. The van der Waals surface area contributed by atoms with Gasteiger partial charge in [-0.15, -0.1) is 0 Å². The van der Waals surface area contributed by atoms with Crippen LogP contribution in [0.2, 0.25) is 0 Å². The maximum absolute atomic E-state index is 11.9. The van der Waals surface area contributed by atoms with Crippen LogP contribution in [-0.2, 0) is 12.2 Å². The van der Waals surface area contributed by atoms with Crippen molar-refractivity contribution < 1.29 is 60.2 Å². The number of hydrogen-bond acceptors (Lipinski definition) is 12. The third kappa shape index (κ3) is 3.49. The second-order valence-corrected chi connectivity index (χ2v) is 10.5. The van der Waals surface area contributed by atoms with Crippen molar-refractivity contribution >= 4 is 0 Å². The highest BCUT2D eigenvalue weighted by molar-refractivity contribution is 5.68. The van der Waals surface area contributed by atoms with Crippen molar-refractivity contribution in [2.24, 2.45) is 0 Å². The highest BCUT2D eigenvalue weighted by Crippen LogP contribution is 2.62. The molecule has 216 valence electrons. The fourth-order valence-electron chi connectivity index (χ4n) is 6.09. The Bertz CT molecular complexity index is 1790. The lowest BCUT2D eigenvalue weighted by Gasteiger charge is -2.50. The van der Waals surface area contributed by atoms with Crippen LogP contribution < -0.4 is 14.2 Å². The molecule has 2 bridgehead atoms. The van der Waals surface area contributed by atoms with E-state index >= 15 is 0 Å². The first-order valence-corrected chi connectivity index (χ1v) is 12.9. The molecule has 7 rings (SSSR count). The molecule has 4 aromatic carbocycles. The van der Waals surface area contributed by atoms with Crippen molar-refractivity contribution in [2.75, 3.05) is 0 Å². The summed E-state index contributed by atoms with van der Waals surface area (Å²) in [6.07, 6.45) is -4.00. The van der Waals surface area contributed by atoms with Crippen molar-refractivity contribution in [1.82, 2.24) is 0 Å². The van der Waals surface area contributed by atoms with E-state index in [4.69, 9.17) is 14.2 Å². The normalized spacial score (nSPS) is 25.2. The Morgan fingerprint density at radius 1 is 0.643 bits per heavy atom. The van der Waals surface area contributed by atoms with Gasteiger partial charge in [0.1, 0.15) is 46.7 Å². The highest BCUT2D eigenvalue weighted by Gasteiger charge is 2.60. The minimum atomic E-state index is -2.09. The molecule has 0 radical (unpaired) electrons. The zero-order valence-electron chi connectivity index (χ0n) is 21.5. The smallest absolute Gasteiger partial charge is 0.305 e. The molecule has 3 aliphatic rings. The Balaban J connectivity index is 1.47. The minimum Gasteiger partial charge on any atom is -0.508 e. The fourth-order valence-corrected chi connectivity index (χ4v) is 6.09. The number of fused-ring (bicyclic) bond motifs is 8. The number of benzene rings is 4. The number of phenols is 7. The van der Waals surface area contributed by atoms with Gasteiger partial charge in [0.15, 0.2) is 23.0 Å². The first kappa shape index (κ1) is 25.7. The maximum atomic E-state index is 11.9. The van der Waals surface area contributed by atoms with E-state index in [-0.39, 0.29) is 63.2 Å². The van der Waals surface area contributed by atoms with Crippen LogP contribution in [0.3, 0.4) is 0 Å². The number of hydrogen-bond donors (Lipinski definition) is 9. The van der Waals surface area contributed by atoms with Gasteiger partial charge >= 0.3 is 5.79 Å². The van der Waals surface area contributed by atoms with Crippen LogP contribution in [0.15, 0.2) is 54.6 Å². The zero-order chi connectivity index (χ0) is 29.7. The van der Waals surface area contributed by atoms with Gasteiger partial charge in [0.05, 0.1) is 12.0 Å². The van der Waals surface area contributed by atoms with Gasteiger partial charge in [-0.3, -0.25) is 0 Å². The summed E-state index contributed by atoms with van der Waals surface area (Å²) >= 11 is 0. The summed E-state index contributed by atoms with van der Waals surface area (Å²) in [5.74, 6) is -6.11. The molecule has 0 aromatic heterocycles. The van der Waals surface area contributed by atoms with E-state index in [1.165, 1.54) is 42.5 Å². The van der Waals surface area contributed by atoms with Crippen LogP contribution in [0.5, 0.6) is 57.5 Å². The molecule has 12 nitrogen and oxygen atoms in total. The van der Waals surface area contributed by atoms with Crippen LogP contribution in [0.4, 0.5) is 0 Å². The average molecular weight is 577 g/mol. The lowest BCUT2D eigenvalue weighted by atomic mass is 9.74. The quantitative estimate of drug-likeness (QED) is 0.158. The molecule has 5 atom stereocenters. The molecule has 0 unspecified atom stereocenters. The fraction of sp³-hybridized carbons (Fsp3) is 0.200. The van der Waals surface area contributed by atoms with Gasteiger partial charge in [-0.05, 0) is 35.9 Å². The van der Waals surface area contributed by atoms with E-state index < -0.39 is 53.0 Å². The molecular formula is C30H24O12. The molecule has 3 heterocycles. The number of rotatable bonds is 2. The van der Waals surface area contributed by atoms with Crippen molar-refractivity contribution in [3.8, 4) is 57.5 Å². The Labute approximate surface area is 236 Å². The largest absolute Gasteiger partial charge is 0.508 e. The number of aromatic hydroxyl groups is 7. The molecule has 0 saturated heterocycles. The second kappa shape index (κ2) is 8.65. The molecule has 0 aliphatic carbocycles. The van der Waals surface area contributed by atoms with Gasteiger partial charge < -0.3 is 60.2 Å². The summed E-state index contributed by atoms with van der Waals surface area (Å²) < 4.78 is 18.6. The van der Waals surface area contributed by atoms with Crippen LogP contribution in [0.1, 0.15) is 39.8 Å². The number of aliphatic hydroxyl groups is 2. The van der Waals surface area contributed by atoms with Crippen LogP contribution >= 0.6 is 0 Å². The third-order valence-electron chi connectivity index (χ3n) is 8.03. The summed E-state index contributed by atoms with van der Waals surface area (Å²) in [7, 11) is 0. The molecule has 12 heteroatoms. The summed E-state index contributed by atoms with van der Waals surface area (Å²) in [5, 5.41) is 95.1. The van der Waals surface area contributed by atoms with Crippen LogP contribution in [0, 0.1) is 0 Å². The predicted molar refractivity (Wildman–Crippen MR) is 141 cm³/mol. The average Bonchev–Trinajstić information content (AvgIpc) is 2.92. The van der Waals surface area contributed by atoms with E-state index in [0.717, 1.165) is 12.1 Å². The molecular weight excluding hydrogens is 552 g/mol. The van der Waals surface area contributed by atoms with Gasteiger partial charge in [0.2, 0.25) is 0 Å². The molecule has 9 N–H and O–H groups in total. The highest BCUT2D eigenvalue weighted by atomic mass is 16.7. The van der Waals surface area contributed by atoms with E-state index in [1.54, 1.807) is 0 Å². The first-order chi connectivity index (χ1) is 20.0. The van der Waals surface area contributed by atoms with E-state index in [2.05, 4.69) is 0 Å². The molecule has 0 saturated carbocycles. The Morgan fingerprint density at radius 3 is 2.00 bits per heavy atom. The topological polar surface area (TPSA) is 210 Å². The third-order valence-corrected chi connectivity index (χ3v) is 8.03. The van der Waals surface area contributed by atoms with Gasteiger partial charge in [0.25, 0.3) is 0 Å². The lowest BCUT2D eigenvalue weighted by molar-refractivity contribution is -0.219. The second-order valence-electron chi connectivity index (χ2n) is 10.5. The van der Waals surface area contributed by atoms with Gasteiger partial charge in [0, 0.05) is 46.9 Å². The van der Waals surface area contributed by atoms with Gasteiger partial charge in [-0.2, -0.15) is 0 Å². The molecule has 0 spiro atoms. The standard InChI is InChI=1S/C30H24O12/c31-13-7-20(37)24-22(8-13)41-30(12-2-4-16(33)19(36)6-12)29(39)26(24)25-23(42-30)10-17(34)14-9-21(38)27(40-28(14)25)11-1-3-15(32)18(35)5-11/h1-8,10,21,26-27,29,31-39H,9H2/t21-,26+,27-,29+,30-/m1/s1. The predicted octanol–water partition coefficient (Wildman–Crippen LogP) is 2.79. The Hall–Kier alpha value is -5.20. The van der Waals surface area contributed by atoms with Crippen molar-refractivity contribution in [1.29, 1.82) is 0 Å². The SMILES string of the molecule is Oc1cc(O)c2c(c1)O[C@]1(c3ccc(O)c(O)c3)Oc3cc(O)c4c(c3[C@H]2[C@@H]1O)O[C@H](c1ccc(O)c(O)c1)[C@H](O)C4. The summed E-state index contributed by atoms with van der Waals surface area (Å²) in [6.45, 7) is 0. The number of aliphatic hydroxyl groups excluding tert-OH is 2. The Morgan fingerprint density at radius 2 is 1.31 bits per heavy atom. The summed E-state index contributed by atoms with van der Waals surface area (Å²) in [4.78, 5) is 0. The van der Waals surface area contributed by atoms with E-state index in [0.29, 0.717) is 5.56 Å². The van der Waals surface area contributed by atoms with Crippen molar-refractivity contribution in [3.05, 3.63) is 82.4 Å². The van der Waals surface area contributed by atoms with Crippen molar-refractivity contribution in [3.63, 3.8) is 0 Å². The first-order valence-electron chi connectivity index (χ1n) is 12.9. The molecule has 3 aliphatic heterocycles. The lowest BCUT2D eigenvalue weighted by Crippen LogP contribution is -2.57. The summed E-state index contributed by atoms with van der Waals surface area (Å²) in [5.41, 5.74) is 0.842. The number of ether oxygens (including phenoxy) is 3. The van der Waals surface area contributed by atoms with E-state index in [1.807, 2.05) is 0 Å². The molecule has 42 heavy (non-hydrogen) atoms. The molecule has 4 aromatic rings. The van der Waals surface area contributed by atoms with Crippen molar-refractivity contribution in [2.45, 2.75) is 36.4 Å². The van der Waals surface area contributed by atoms with Gasteiger partial charge in [-0.1, -0.05) is 6.07 Å². The van der Waals surface area contributed by atoms with Crippen LogP contribution in [0.25, 0.3) is 0 Å². The summed E-state index contributed by atoms with van der Waals surface area (Å²) in [6, 6.07) is 11.1. The minimum absolute atomic E-state index is 0.0177. The number of phenolic OH excluding ortho intramolecular Hbond substituents is 7. The zero-order valence-corrected chi connectivity index (χ0v) is 21.5. The Kier molecular flexibility index (Phi) is 5.30.